The molecule has 28 heavy (non-hydrogen) atoms. The van der Waals surface area contributed by atoms with Crippen LogP contribution >= 0.6 is 0 Å². The fourth-order valence-electron chi connectivity index (χ4n) is 4.33. The topological polar surface area (TPSA) is 69.9 Å². The highest BCUT2D eigenvalue weighted by Crippen LogP contribution is 2.25. The minimum absolute atomic E-state index is 0.141. The SMILES string of the molecule is CN1CCC(C(=O)N2CCC(CN(C)C(=O)c3cc4ncccc4o3)C2)CC1. The summed E-state index contributed by atoms with van der Waals surface area (Å²) < 4.78 is 5.64. The minimum atomic E-state index is -0.141. The first kappa shape index (κ1) is 18.9. The summed E-state index contributed by atoms with van der Waals surface area (Å²) in [6.45, 7) is 4.16. The maximum Gasteiger partial charge on any atom is 0.289 e. The normalized spacial score (nSPS) is 21.4. The van der Waals surface area contributed by atoms with E-state index in [4.69, 9.17) is 4.42 Å². The summed E-state index contributed by atoms with van der Waals surface area (Å²) in [6, 6.07) is 5.29. The summed E-state index contributed by atoms with van der Waals surface area (Å²) in [6.07, 6.45) is 4.53. The van der Waals surface area contributed by atoms with Crippen molar-refractivity contribution < 1.29 is 14.0 Å². The molecule has 0 aromatic carbocycles. The highest BCUT2D eigenvalue weighted by molar-refractivity contribution is 5.95. The average Bonchev–Trinajstić information content (AvgIpc) is 3.34. The van der Waals surface area contributed by atoms with Crippen LogP contribution in [0.3, 0.4) is 0 Å². The standard InChI is InChI=1S/C21H28N4O3/c1-23-9-6-16(7-10-23)20(26)25-11-5-15(14-25)13-24(2)21(27)19-12-17-18(28-19)4-3-8-22-17/h3-4,8,12,15-16H,5-7,9-11,13-14H2,1-2H3. The van der Waals surface area contributed by atoms with Crippen molar-refractivity contribution in [3.05, 3.63) is 30.2 Å². The van der Waals surface area contributed by atoms with Crippen LogP contribution in [0, 0.1) is 11.8 Å². The molecule has 2 aliphatic rings. The number of carbonyl (C=O) groups is 2. The second kappa shape index (κ2) is 7.91. The third-order valence-corrected chi connectivity index (χ3v) is 6.04. The number of amides is 2. The smallest absolute Gasteiger partial charge is 0.289 e. The molecule has 0 saturated carbocycles. The van der Waals surface area contributed by atoms with Gasteiger partial charge in [0.1, 0.15) is 5.52 Å². The Hall–Kier alpha value is -2.41. The van der Waals surface area contributed by atoms with Gasteiger partial charge in [-0.1, -0.05) is 0 Å². The molecule has 0 radical (unpaired) electrons. The molecule has 2 amide bonds. The molecule has 2 fully saturated rings. The fourth-order valence-corrected chi connectivity index (χ4v) is 4.33. The lowest BCUT2D eigenvalue weighted by Crippen LogP contribution is -2.41. The number of hydrogen-bond donors (Lipinski definition) is 0. The molecule has 150 valence electrons. The summed E-state index contributed by atoms with van der Waals surface area (Å²) in [5, 5.41) is 0. The van der Waals surface area contributed by atoms with Gasteiger partial charge in [-0.05, 0) is 57.5 Å². The second-order valence-electron chi connectivity index (χ2n) is 8.20. The van der Waals surface area contributed by atoms with Gasteiger partial charge in [0.15, 0.2) is 11.3 Å². The van der Waals surface area contributed by atoms with Crippen molar-refractivity contribution in [2.24, 2.45) is 11.8 Å². The monoisotopic (exact) mass is 384 g/mol. The summed E-state index contributed by atoms with van der Waals surface area (Å²) >= 11 is 0. The van der Waals surface area contributed by atoms with Gasteiger partial charge in [0, 0.05) is 44.9 Å². The van der Waals surface area contributed by atoms with Gasteiger partial charge in [-0.25, -0.2) is 0 Å². The van der Waals surface area contributed by atoms with Crippen molar-refractivity contribution in [3.63, 3.8) is 0 Å². The highest BCUT2D eigenvalue weighted by atomic mass is 16.3. The van der Waals surface area contributed by atoms with Crippen LogP contribution in [0.25, 0.3) is 11.1 Å². The molecule has 1 unspecified atom stereocenters. The van der Waals surface area contributed by atoms with Crippen molar-refractivity contribution in [2.45, 2.75) is 19.3 Å². The molecule has 0 N–H and O–H groups in total. The number of fused-ring (bicyclic) bond motifs is 1. The van der Waals surface area contributed by atoms with Gasteiger partial charge in [0.25, 0.3) is 5.91 Å². The van der Waals surface area contributed by atoms with E-state index in [1.807, 2.05) is 11.0 Å². The molecule has 0 spiro atoms. The summed E-state index contributed by atoms with van der Waals surface area (Å²) in [5.74, 6) is 0.948. The molecule has 4 rings (SSSR count). The number of likely N-dealkylation sites (tertiary alicyclic amines) is 2. The van der Waals surface area contributed by atoms with E-state index < -0.39 is 0 Å². The van der Waals surface area contributed by atoms with Gasteiger partial charge in [0.05, 0.1) is 0 Å². The van der Waals surface area contributed by atoms with Crippen LogP contribution in [0.2, 0.25) is 0 Å². The molecule has 2 aromatic heterocycles. The average molecular weight is 384 g/mol. The Morgan fingerprint density at radius 1 is 1.25 bits per heavy atom. The third kappa shape index (κ3) is 3.90. The molecule has 0 aliphatic carbocycles. The van der Waals surface area contributed by atoms with E-state index in [1.54, 1.807) is 30.3 Å². The Labute approximate surface area is 165 Å². The second-order valence-corrected chi connectivity index (χ2v) is 8.20. The number of nitrogens with zero attached hydrogens (tertiary/aromatic N) is 4. The molecule has 7 nitrogen and oxygen atoms in total. The van der Waals surface area contributed by atoms with E-state index >= 15 is 0 Å². The molecule has 4 heterocycles. The quantitative estimate of drug-likeness (QED) is 0.807. The Balaban J connectivity index is 1.32. The van der Waals surface area contributed by atoms with Crippen LogP contribution in [0.15, 0.2) is 28.8 Å². The van der Waals surface area contributed by atoms with E-state index in [1.165, 1.54) is 0 Å². The Bertz CT molecular complexity index is 823. The van der Waals surface area contributed by atoms with Crippen molar-refractivity contribution >= 4 is 22.9 Å². The van der Waals surface area contributed by atoms with Crippen LogP contribution in [-0.2, 0) is 4.79 Å². The first-order chi connectivity index (χ1) is 13.5. The molecule has 1 atom stereocenters. The van der Waals surface area contributed by atoms with Gasteiger partial charge in [-0.15, -0.1) is 0 Å². The summed E-state index contributed by atoms with van der Waals surface area (Å²) in [4.78, 5) is 35.7. The molecular weight excluding hydrogens is 356 g/mol. The largest absolute Gasteiger partial charge is 0.449 e. The lowest BCUT2D eigenvalue weighted by molar-refractivity contribution is -0.136. The number of pyridine rings is 1. The molecular formula is C21H28N4O3. The lowest BCUT2D eigenvalue weighted by atomic mass is 9.96. The zero-order valence-corrected chi connectivity index (χ0v) is 16.6. The number of carbonyl (C=O) groups excluding carboxylic acids is 2. The molecule has 2 aliphatic heterocycles. The number of piperidine rings is 1. The summed E-state index contributed by atoms with van der Waals surface area (Å²) in [5.41, 5.74) is 1.31. The van der Waals surface area contributed by atoms with Crippen LogP contribution in [0.5, 0.6) is 0 Å². The van der Waals surface area contributed by atoms with E-state index in [9.17, 15) is 9.59 Å². The molecule has 0 bridgehead atoms. The first-order valence-electron chi connectivity index (χ1n) is 10.1. The number of rotatable bonds is 4. The number of furan rings is 1. The van der Waals surface area contributed by atoms with Gasteiger partial charge in [-0.3, -0.25) is 14.6 Å². The van der Waals surface area contributed by atoms with Crippen molar-refractivity contribution in [1.82, 2.24) is 19.7 Å². The minimum Gasteiger partial charge on any atom is -0.449 e. The maximum atomic E-state index is 12.8. The Kier molecular flexibility index (Phi) is 5.35. The summed E-state index contributed by atoms with van der Waals surface area (Å²) in [7, 11) is 3.90. The van der Waals surface area contributed by atoms with Gasteiger partial charge in [-0.2, -0.15) is 0 Å². The van der Waals surface area contributed by atoms with Crippen LogP contribution in [0.1, 0.15) is 29.8 Å². The number of aromatic nitrogens is 1. The van der Waals surface area contributed by atoms with Crippen LogP contribution < -0.4 is 0 Å². The Morgan fingerprint density at radius 2 is 2.04 bits per heavy atom. The third-order valence-electron chi connectivity index (χ3n) is 6.04. The lowest BCUT2D eigenvalue weighted by Gasteiger charge is -2.31. The predicted octanol–water partition coefficient (Wildman–Crippen LogP) is 2.09. The van der Waals surface area contributed by atoms with E-state index in [0.29, 0.717) is 35.2 Å². The number of hydrogen-bond acceptors (Lipinski definition) is 5. The van der Waals surface area contributed by atoms with Gasteiger partial charge in [0.2, 0.25) is 5.91 Å². The first-order valence-corrected chi connectivity index (χ1v) is 10.1. The van der Waals surface area contributed by atoms with Crippen LogP contribution in [-0.4, -0.2) is 78.3 Å². The van der Waals surface area contributed by atoms with Crippen LogP contribution in [0.4, 0.5) is 0 Å². The van der Waals surface area contributed by atoms with Crippen molar-refractivity contribution in [1.29, 1.82) is 0 Å². The van der Waals surface area contributed by atoms with Crippen molar-refractivity contribution in [2.75, 3.05) is 46.8 Å². The predicted molar refractivity (Wildman–Crippen MR) is 106 cm³/mol. The molecule has 7 heteroatoms. The van der Waals surface area contributed by atoms with E-state index in [-0.39, 0.29) is 11.8 Å². The Morgan fingerprint density at radius 3 is 2.79 bits per heavy atom. The molecule has 2 saturated heterocycles. The van der Waals surface area contributed by atoms with Crippen molar-refractivity contribution in [3.8, 4) is 0 Å². The van der Waals surface area contributed by atoms with E-state index in [2.05, 4.69) is 16.9 Å². The zero-order chi connectivity index (χ0) is 19.7. The van der Waals surface area contributed by atoms with E-state index in [0.717, 1.165) is 45.4 Å². The fraction of sp³-hybridized carbons (Fsp3) is 0.571. The highest BCUT2D eigenvalue weighted by Gasteiger charge is 2.33. The zero-order valence-electron chi connectivity index (χ0n) is 16.6. The van der Waals surface area contributed by atoms with Gasteiger partial charge < -0.3 is 19.1 Å². The maximum absolute atomic E-state index is 12.8. The van der Waals surface area contributed by atoms with Gasteiger partial charge >= 0.3 is 0 Å². The molecule has 2 aromatic rings.